The lowest BCUT2D eigenvalue weighted by atomic mass is 10.0. The number of halogens is 1. The second-order valence-electron chi connectivity index (χ2n) is 5.66. The van der Waals surface area contributed by atoms with Crippen molar-refractivity contribution in [2.45, 2.75) is 11.4 Å². The second-order valence-corrected chi connectivity index (χ2v) is 8.96. The third kappa shape index (κ3) is 3.04. The van der Waals surface area contributed by atoms with Gasteiger partial charge in [-0.05, 0) is 29.8 Å². The fourth-order valence-electron chi connectivity index (χ4n) is 2.90. The molecule has 0 aromatic heterocycles. The average Bonchev–Trinajstić information content (AvgIpc) is 3.45. The van der Waals surface area contributed by atoms with E-state index in [0.717, 1.165) is 4.47 Å². The van der Waals surface area contributed by atoms with Gasteiger partial charge in [0.25, 0.3) is 0 Å². The van der Waals surface area contributed by atoms with Crippen LogP contribution < -0.4 is 4.74 Å². The molecule has 3 rings (SSSR count). The summed E-state index contributed by atoms with van der Waals surface area (Å²) < 4.78 is 35.3. The second kappa shape index (κ2) is 7.25. The minimum absolute atomic E-state index is 0.289. The maximum atomic E-state index is 13.2. The van der Waals surface area contributed by atoms with Crippen molar-refractivity contribution in [2.24, 2.45) is 0 Å². The van der Waals surface area contributed by atoms with Gasteiger partial charge in [0.1, 0.15) is 5.75 Å². The minimum atomic E-state index is -3.75. The van der Waals surface area contributed by atoms with E-state index in [2.05, 4.69) is 15.9 Å². The Balaban J connectivity index is 2.02. The fourth-order valence-corrected chi connectivity index (χ4v) is 4.96. The quantitative estimate of drug-likeness (QED) is 0.361. The highest BCUT2D eigenvalue weighted by molar-refractivity contribution is 9.10. The maximum absolute atomic E-state index is 13.2. The Morgan fingerprint density at radius 2 is 1.62 bits per heavy atom. The van der Waals surface area contributed by atoms with Crippen LogP contribution in [0, 0.1) is 0 Å². The van der Waals surface area contributed by atoms with Crippen molar-refractivity contribution in [3.8, 4) is 5.75 Å². The van der Waals surface area contributed by atoms with Gasteiger partial charge in [-0.2, -0.15) is 0 Å². The predicted octanol–water partition coefficient (Wildman–Crippen LogP) is 4.38. The summed E-state index contributed by atoms with van der Waals surface area (Å²) in [7, 11) is 0.350. The van der Waals surface area contributed by atoms with Crippen LogP contribution in [0.25, 0.3) is 0 Å². The molecular formula is C18H18BrO6P. The van der Waals surface area contributed by atoms with Crippen LogP contribution in [0.4, 0.5) is 0 Å². The van der Waals surface area contributed by atoms with E-state index in [0.29, 0.717) is 16.9 Å². The maximum Gasteiger partial charge on any atom is 0.369 e. The molecular weight excluding hydrogens is 423 g/mol. The summed E-state index contributed by atoms with van der Waals surface area (Å²) in [6.07, 6.45) is -0.970. The first kappa shape index (κ1) is 19.3. The fraction of sp³-hybridized carbons (Fsp3) is 0.278. The molecule has 0 radical (unpaired) electrons. The number of carbonyl (C=O) groups is 1. The third-order valence-electron chi connectivity index (χ3n) is 4.35. The molecule has 1 heterocycles. The van der Waals surface area contributed by atoms with E-state index in [-0.39, 0.29) is 5.78 Å². The van der Waals surface area contributed by atoms with Gasteiger partial charge in [0.05, 0.1) is 7.11 Å². The number of ketones is 1. The van der Waals surface area contributed by atoms with Gasteiger partial charge in [-0.25, -0.2) is 0 Å². The molecule has 0 saturated carbocycles. The number of benzene rings is 2. The highest BCUT2D eigenvalue weighted by atomic mass is 79.9. The minimum Gasteiger partial charge on any atom is -0.497 e. The molecule has 0 amide bonds. The molecule has 0 bridgehead atoms. The molecule has 0 aliphatic carbocycles. The molecule has 0 N–H and O–H groups in total. The monoisotopic (exact) mass is 440 g/mol. The van der Waals surface area contributed by atoms with E-state index < -0.39 is 19.0 Å². The summed E-state index contributed by atoms with van der Waals surface area (Å²) >= 11 is 3.34. The molecule has 1 aliphatic rings. The van der Waals surface area contributed by atoms with Gasteiger partial charge in [0, 0.05) is 24.3 Å². The number of hydrogen-bond acceptors (Lipinski definition) is 6. The van der Waals surface area contributed by atoms with Crippen LogP contribution >= 0.6 is 23.5 Å². The lowest BCUT2D eigenvalue weighted by Gasteiger charge is -2.22. The smallest absolute Gasteiger partial charge is 0.369 e. The number of rotatable bonds is 7. The zero-order chi connectivity index (χ0) is 18.9. The number of ether oxygens (including phenoxy) is 2. The number of hydrogen-bond donors (Lipinski definition) is 0. The normalized spacial score (nSPS) is 22.1. The van der Waals surface area contributed by atoms with Crippen LogP contribution in [0.3, 0.4) is 0 Å². The zero-order valence-electron chi connectivity index (χ0n) is 14.5. The number of Topliss-reactive ketones (excluding diaryl/α,β-unsaturated/α-hetero) is 1. The molecule has 1 saturated heterocycles. The molecule has 0 unspecified atom stereocenters. The van der Waals surface area contributed by atoms with Crippen LogP contribution in [-0.4, -0.2) is 33.2 Å². The van der Waals surface area contributed by atoms with Gasteiger partial charge >= 0.3 is 7.60 Å². The van der Waals surface area contributed by atoms with Crippen molar-refractivity contribution in [1.82, 2.24) is 0 Å². The van der Waals surface area contributed by atoms with E-state index in [4.69, 9.17) is 18.5 Å². The summed E-state index contributed by atoms with van der Waals surface area (Å²) in [6, 6.07) is 13.7. The number of epoxide rings is 1. The Morgan fingerprint density at radius 1 is 1.04 bits per heavy atom. The molecule has 1 fully saturated rings. The van der Waals surface area contributed by atoms with E-state index in [9.17, 15) is 9.36 Å². The SMILES string of the molecule is COc1ccc([C@@]2(P(=O)(OC)OC)O[C@H]2C(=O)c2ccc(Br)cc2)cc1. The molecule has 2 aromatic rings. The van der Waals surface area contributed by atoms with Crippen LogP contribution in [0.2, 0.25) is 0 Å². The summed E-state index contributed by atoms with van der Waals surface area (Å²) in [5.41, 5.74) is 0.980. The highest BCUT2D eigenvalue weighted by Crippen LogP contribution is 2.74. The van der Waals surface area contributed by atoms with Crippen molar-refractivity contribution in [1.29, 1.82) is 0 Å². The van der Waals surface area contributed by atoms with Gasteiger partial charge in [-0.1, -0.05) is 40.2 Å². The molecule has 6 nitrogen and oxygen atoms in total. The number of methoxy groups -OCH3 is 1. The molecule has 1 aliphatic heterocycles. The summed E-state index contributed by atoms with van der Waals surface area (Å²) in [4.78, 5) is 12.9. The van der Waals surface area contributed by atoms with Crippen molar-refractivity contribution in [3.63, 3.8) is 0 Å². The third-order valence-corrected chi connectivity index (χ3v) is 7.26. The van der Waals surface area contributed by atoms with E-state index in [1.807, 2.05) is 0 Å². The molecule has 8 heteroatoms. The van der Waals surface area contributed by atoms with Crippen LogP contribution in [-0.2, 0) is 23.7 Å². The van der Waals surface area contributed by atoms with E-state index >= 15 is 0 Å². The summed E-state index contributed by atoms with van der Waals surface area (Å²) in [6.45, 7) is 0. The van der Waals surface area contributed by atoms with Crippen LogP contribution in [0.5, 0.6) is 5.75 Å². The molecule has 0 spiro atoms. The van der Waals surface area contributed by atoms with Crippen molar-refractivity contribution in [2.75, 3.05) is 21.3 Å². The van der Waals surface area contributed by atoms with Gasteiger partial charge < -0.3 is 18.5 Å². The van der Waals surface area contributed by atoms with Gasteiger partial charge in [-0.3, -0.25) is 9.36 Å². The first-order valence-electron chi connectivity index (χ1n) is 7.75. The topological polar surface area (TPSA) is 74.4 Å². The Labute approximate surface area is 160 Å². The Bertz CT molecular complexity index is 843. The highest BCUT2D eigenvalue weighted by Gasteiger charge is 2.74. The lowest BCUT2D eigenvalue weighted by molar-refractivity contribution is 0.0953. The van der Waals surface area contributed by atoms with Crippen LogP contribution in [0.15, 0.2) is 53.0 Å². The van der Waals surface area contributed by atoms with E-state index in [1.165, 1.54) is 14.2 Å². The standard InChI is InChI=1S/C18H18BrO6P/c1-22-15-10-6-13(7-11-15)18(26(21,23-2)24-3)17(25-18)16(20)12-4-8-14(19)9-5-12/h4-11,17H,1-3H3/t17-,18-/m0/s1. The first-order valence-corrected chi connectivity index (χ1v) is 10.1. The lowest BCUT2D eigenvalue weighted by Crippen LogP contribution is -2.21. The summed E-state index contributed by atoms with van der Waals surface area (Å²) in [5.74, 6) is 0.340. The molecule has 26 heavy (non-hydrogen) atoms. The van der Waals surface area contributed by atoms with Crippen molar-refractivity contribution < 1.29 is 27.9 Å². The Kier molecular flexibility index (Phi) is 5.37. The van der Waals surface area contributed by atoms with Gasteiger partial charge in [0.2, 0.25) is 5.34 Å². The Morgan fingerprint density at radius 3 is 2.12 bits per heavy atom. The summed E-state index contributed by atoms with van der Waals surface area (Å²) in [5, 5.41) is -1.48. The van der Waals surface area contributed by atoms with Crippen molar-refractivity contribution >= 4 is 29.3 Å². The van der Waals surface area contributed by atoms with Crippen molar-refractivity contribution in [3.05, 3.63) is 64.1 Å². The predicted molar refractivity (Wildman–Crippen MR) is 99.6 cm³/mol. The number of carbonyl (C=O) groups excluding carboxylic acids is 1. The van der Waals surface area contributed by atoms with E-state index in [1.54, 1.807) is 55.6 Å². The average molecular weight is 441 g/mol. The zero-order valence-corrected chi connectivity index (χ0v) is 17.0. The first-order chi connectivity index (χ1) is 12.4. The Hall–Kier alpha value is -1.50. The largest absolute Gasteiger partial charge is 0.497 e. The molecule has 138 valence electrons. The van der Waals surface area contributed by atoms with Crippen LogP contribution in [0.1, 0.15) is 15.9 Å². The van der Waals surface area contributed by atoms with Gasteiger partial charge in [-0.15, -0.1) is 0 Å². The molecule has 2 aromatic carbocycles. The van der Waals surface area contributed by atoms with Gasteiger partial charge in [0.15, 0.2) is 11.9 Å². The molecule has 2 atom stereocenters.